The molecule has 0 unspecified atom stereocenters. The first-order chi connectivity index (χ1) is 11.1. The highest BCUT2D eigenvalue weighted by molar-refractivity contribution is 5.92. The van der Waals surface area contributed by atoms with Gasteiger partial charge in [-0.3, -0.25) is 9.36 Å². The van der Waals surface area contributed by atoms with Gasteiger partial charge in [-0.25, -0.2) is 4.98 Å². The van der Waals surface area contributed by atoms with E-state index in [-0.39, 0.29) is 12.3 Å². The number of benzene rings is 2. The van der Waals surface area contributed by atoms with Crippen LogP contribution >= 0.6 is 0 Å². The highest BCUT2D eigenvalue weighted by atomic mass is 16.5. The SMILES string of the molecule is COc1ccc(CC(=O)n2c(C)nc3ccccc32)cc1OC. The van der Waals surface area contributed by atoms with E-state index in [9.17, 15) is 4.79 Å². The Morgan fingerprint density at radius 3 is 2.57 bits per heavy atom. The standard InChI is InChI=1S/C18H18N2O3/c1-12-19-14-6-4-5-7-15(14)20(12)18(21)11-13-8-9-16(22-2)17(10-13)23-3/h4-10H,11H2,1-3H3. The van der Waals surface area contributed by atoms with Gasteiger partial charge in [0.1, 0.15) is 5.82 Å². The molecule has 0 aliphatic carbocycles. The van der Waals surface area contributed by atoms with Gasteiger partial charge in [-0.2, -0.15) is 0 Å². The van der Waals surface area contributed by atoms with Gasteiger partial charge in [0.25, 0.3) is 0 Å². The zero-order valence-corrected chi connectivity index (χ0v) is 13.4. The van der Waals surface area contributed by atoms with E-state index in [0.29, 0.717) is 17.3 Å². The topological polar surface area (TPSA) is 53.4 Å². The van der Waals surface area contributed by atoms with Crippen LogP contribution < -0.4 is 9.47 Å². The molecule has 2 aromatic carbocycles. The van der Waals surface area contributed by atoms with Crippen LogP contribution in [-0.4, -0.2) is 29.7 Å². The Labute approximate surface area is 134 Å². The summed E-state index contributed by atoms with van der Waals surface area (Å²) in [5, 5.41) is 0. The summed E-state index contributed by atoms with van der Waals surface area (Å²) in [6, 6.07) is 13.1. The van der Waals surface area contributed by atoms with Crippen molar-refractivity contribution in [2.75, 3.05) is 14.2 Å². The minimum Gasteiger partial charge on any atom is -0.493 e. The molecule has 1 aromatic heterocycles. The molecule has 0 saturated carbocycles. The van der Waals surface area contributed by atoms with Crippen LogP contribution in [0.4, 0.5) is 0 Å². The van der Waals surface area contributed by atoms with E-state index >= 15 is 0 Å². The number of para-hydroxylation sites is 2. The number of rotatable bonds is 4. The number of hydrogen-bond acceptors (Lipinski definition) is 4. The second-order valence-electron chi connectivity index (χ2n) is 5.24. The van der Waals surface area contributed by atoms with Crippen molar-refractivity contribution in [1.82, 2.24) is 9.55 Å². The Hall–Kier alpha value is -2.82. The van der Waals surface area contributed by atoms with E-state index in [0.717, 1.165) is 16.6 Å². The quantitative estimate of drug-likeness (QED) is 0.742. The van der Waals surface area contributed by atoms with Crippen molar-refractivity contribution in [2.24, 2.45) is 0 Å². The number of aryl methyl sites for hydroxylation is 1. The summed E-state index contributed by atoms with van der Waals surface area (Å²) < 4.78 is 12.2. The number of nitrogens with zero attached hydrogens (tertiary/aromatic N) is 2. The van der Waals surface area contributed by atoms with Gasteiger partial charge in [0.15, 0.2) is 11.5 Å². The summed E-state index contributed by atoms with van der Waals surface area (Å²) in [6.07, 6.45) is 0.265. The van der Waals surface area contributed by atoms with Gasteiger partial charge in [0, 0.05) is 0 Å². The largest absolute Gasteiger partial charge is 0.493 e. The maximum Gasteiger partial charge on any atom is 0.236 e. The molecule has 0 N–H and O–H groups in total. The molecule has 5 nitrogen and oxygen atoms in total. The lowest BCUT2D eigenvalue weighted by molar-refractivity contribution is 0.0916. The first kappa shape index (κ1) is 15.1. The number of aromatic nitrogens is 2. The van der Waals surface area contributed by atoms with Crippen LogP contribution in [0.2, 0.25) is 0 Å². The summed E-state index contributed by atoms with van der Waals surface area (Å²) in [6.45, 7) is 1.84. The molecule has 0 radical (unpaired) electrons. The summed E-state index contributed by atoms with van der Waals surface area (Å²) in [7, 11) is 3.17. The van der Waals surface area contributed by atoms with Crippen molar-refractivity contribution in [2.45, 2.75) is 13.3 Å². The van der Waals surface area contributed by atoms with Gasteiger partial charge < -0.3 is 9.47 Å². The van der Waals surface area contributed by atoms with Crippen molar-refractivity contribution in [1.29, 1.82) is 0 Å². The number of hydrogen-bond donors (Lipinski definition) is 0. The summed E-state index contributed by atoms with van der Waals surface area (Å²) >= 11 is 0. The lowest BCUT2D eigenvalue weighted by Gasteiger charge is -2.10. The third kappa shape index (κ3) is 2.77. The number of carbonyl (C=O) groups is 1. The molecule has 5 heteroatoms. The first-order valence-corrected chi connectivity index (χ1v) is 7.32. The average molecular weight is 310 g/mol. The van der Waals surface area contributed by atoms with Crippen LogP contribution in [0.25, 0.3) is 11.0 Å². The molecule has 0 atom stereocenters. The lowest BCUT2D eigenvalue weighted by atomic mass is 10.1. The maximum atomic E-state index is 12.7. The zero-order valence-electron chi connectivity index (χ0n) is 13.4. The highest BCUT2D eigenvalue weighted by Gasteiger charge is 2.15. The Kier molecular flexibility index (Phi) is 4.02. The smallest absolute Gasteiger partial charge is 0.236 e. The van der Waals surface area contributed by atoms with Crippen LogP contribution in [0.5, 0.6) is 11.5 Å². The number of carbonyl (C=O) groups excluding carboxylic acids is 1. The molecule has 0 aliphatic heterocycles. The summed E-state index contributed by atoms with van der Waals surface area (Å²) in [5.74, 6) is 1.93. The normalized spacial score (nSPS) is 10.7. The fourth-order valence-electron chi connectivity index (χ4n) is 2.71. The Bertz CT molecular complexity index is 868. The van der Waals surface area contributed by atoms with Crippen LogP contribution in [0.3, 0.4) is 0 Å². The summed E-state index contributed by atoms with van der Waals surface area (Å²) in [5.41, 5.74) is 2.52. The monoisotopic (exact) mass is 310 g/mol. The third-order valence-corrected chi connectivity index (χ3v) is 3.78. The van der Waals surface area contributed by atoms with Gasteiger partial charge >= 0.3 is 0 Å². The van der Waals surface area contributed by atoms with Gasteiger partial charge in [-0.15, -0.1) is 0 Å². The Morgan fingerprint density at radius 2 is 1.83 bits per heavy atom. The van der Waals surface area contributed by atoms with Crippen molar-refractivity contribution < 1.29 is 14.3 Å². The predicted octanol–water partition coefficient (Wildman–Crippen LogP) is 3.24. The molecule has 3 aromatic rings. The first-order valence-electron chi connectivity index (χ1n) is 7.32. The van der Waals surface area contributed by atoms with Crippen LogP contribution in [0, 0.1) is 6.92 Å². The number of ether oxygens (including phenoxy) is 2. The molecule has 0 aliphatic rings. The molecule has 3 rings (SSSR count). The van der Waals surface area contributed by atoms with E-state index < -0.39 is 0 Å². The molecule has 0 fully saturated rings. The molecule has 0 amide bonds. The van der Waals surface area contributed by atoms with Gasteiger partial charge in [-0.05, 0) is 36.8 Å². The minimum atomic E-state index is -0.0246. The zero-order chi connectivity index (χ0) is 16.4. The maximum absolute atomic E-state index is 12.7. The Morgan fingerprint density at radius 1 is 1.09 bits per heavy atom. The number of fused-ring (bicyclic) bond motifs is 1. The van der Waals surface area contributed by atoms with Crippen LogP contribution in [-0.2, 0) is 6.42 Å². The van der Waals surface area contributed by atoms with Crippen molar-refractivity contribution in [3.63, 3.8) is 0 Å². The van der Waals surface area contributed by atoms with Gasteiger partial charge in [-0.1, -0.05) is 18.2 Å². The van der Waals surface area contributed by atoms with E-state index in [1.807, 2.05) is 43.3 Å². The fraction of sp³-hybridized carbons (Fsp3) is 0.222. The average Bonchev–Trinajstić information content (AvgIpc) is 2.90. The van der Waals surface area contributed by atoms with Gasteiger partial charge in [0.2, 0.25) is 5.91 Å². The fourth-order valence-corrected chi connectivity index (χ4v) is 2.71. The van der Waals surface area contributed by atoms with Gasteiger partial charge in [0.05, 0.1) is 31.7 Å². The van der Waals surface area contributed by atoms with E-state index in [1.165, 1.54) is 0 Å². The van der Waals surface area contributed by atoms with Crippen LogP contribution in [0.15, 0.2) is 42.5 Å². The number of methoxy groups -OCH3 is 2. The van der Waals surface area contributed by atoms with Crippen molar-refractivity contribution in [3.8, 4) is 11.5 Å². The second-order valence-corrected chi connectivity index (χ2v) is 5.24. The molecule has 0 bridgehead atoms. The predicted molar refractivity (Wildman–Crippen MR) is 88.3 cm³/mol. The number of imidazole rings is 1. The molecular weight excluding hydrogens is 292 g/mol. The molecular formula is C18H18N2O3. The van der Waals surface area contributed by atoms with E-state index in [1.54, 1.807) is 24.9 Å². The Balaban J connectivity index is 1.93. The lowest BCUT2D eigenvalue weighted by Crippen LogP contribution is -2.15. The van der Waals surface area contributed by atoms with E-state index in [2.05, 4.69) is 4.98 Å². The van der Waals surface area contributed by atoms with Crippen molar-refractivity contribution >= 4 is 16.9 Å². The minimum absolute atomic E-state index is 0.0246. The molecule has 0 saturated heterocycles. The highest BCUT2D eigenvalue weighted by Crippen LogP contribution is 2.28. The summed E-state index contributed by atoms with van der Waals surface area (Å²) in [4.78, 5) is 17.1. The molecule has 23 heavy (non-hydrogen) atoms. The molecule has 1 heterocycles. The van der Waals surface area contributed by atoms with E-state index in [4.69, 9.17) is 9.47 Å². The molecule has 118 valence electrons. The third-order valence-electron chi connectivity index (χ3n) is 3.78. The molecule has 0 spiro atoms. The van der Waals surface area contributed by atoms with Crippen LogP contribution in [0.1, 0.15) is 16.2 Å². The second kappa shape index (κ2) is 6.12. The van der Waals surface area contributed by atoms with Crippen molar-refractivity contribution in [3.05, 3.63) is 53.9 Å².